The molecule has 0 bridgehead atoms. The van der Waals surface area contributed by atoms with Crippen LogP contribution in [0.1, 0.15) is 11.1 Å². The first-order chi connectivity index (χ1) is 10.2. The topological polar surface area (TPSA) is 32.7 Å². The molecule has 3 nitrogen and oxygen atoms in total. The molecule has 2 aromatic carbocycles. The lowest BCUT2D eigenvalue weighted by atomic mass is 10.2. The van der Waals surface area contributed by atoms with Gasteiger partial charge in [-0.3, -0.25) is 0 Å². The highest BCUT2D eigenvalue weighted by Gasteiger charge is 2.20. The van der Waals surface area contributed by atoms with Crippen molar-refractivity contribution >= 4 is 18.1 Å². The summed E-state index contributed by atoms with van der Waals surface area (Å²) >= 11 is 0. The van der Waals surface area contributed by atoms with E-state index in [2.05, 4.69) is 23.1 Å². The molecule has 4 heteroatoms. The molecule has 3 rings (SSSR count). The number of fused-ring (bicyclic) bond motifs is 1. The first-order valence-electron chi connectivity index (χ1n) is 7.43. The first kappa shape index (κ1) is 16.7. The van der Waals surface area contributed by atoms with Crippen LogP contribution in [0.2, 0.25) is 0 Å². The van der Waals surface area contributed by atoms with Crippen LogP contribution < -0.4 is 9.64 Å². The Bertz CT molecular complexity index is 600. The average Bonchev–Trinajstić information content (AvgIpc) is 2.90. The predicted octanol–water partition coefficient (Wildman–Crippen LogP) is 3.22. The maximum atomic E-state index is 10.2. The molecule has 1 atom stereocenters. The molecule has 1 aliphatic heterocycles. The number of aryl methyl sites for hydroxylation is 1. The van der Waals surface area contributed by atoms with Crippen LogP contribution in [-0.4, -0.2) is 30.9 Å². The molecule has 1 aliphatic rings. The van der Waals surface area contributed by atoms with Crippen molar-refractivity contribution in [2.24, 2.45) is 0 Å². The number of nitrogens with zero attached hydrogens (tertiary/aromatic N) is 1. The van der Waals surface area contributed by atoms with Gasteiger partial charge in [-0.05, 0) is 37.1 Å². The van der Waals surface area contributed by atoms with Crippen molar-refractivity contribution in [2.45, 2.75) is 19.4 Å². The van der Waals surface area contributed by atoms with E-state index in [1.807, 2.05) is 37.3 Å². The molecule has 0 aromatic heterocycles. The summed E-state index contributed by atoms with van der Waals surface area (Å²) in [7, 11) is 0. The molecule has 0 saturated carbocycles. The molecule has 0 radical (unpaired) electrons. The van der Waals surface area contributed by atoms with Gasteiger partial charge in [-0.1, -0.05) is 35.9 Å². The molecular formula is C18H22ClNO2. The summed E-state index contributed by atoms with van der Waals surface area (Å²) in [4.78, 5) is 2.23. The minimum absolute atomic E-state index is 0. The largest absolute Gasteiger partial charge is 0.491 e. The summed E-state index contributed by atoms with van der Waals surface area (Å²) in [6.07, 6.45) is 0.569. The number of anilines is 1. The van der Waals surface area contributed by atoms with Gasteiger partial charge in [0.1, 0.15) is 18.5 Å². The maximum absolute atomic E-state index is 10.2. The number of hydrogen-bond acceptors (Lipinski definition) is 3. The lowest BCUT2D eigenvalue weighted by molar-refractivity contribution is 0.112. The van der Waals surface area contributed by atoms with E-state index in [4.69, 9.17) is 4.74 Å². The van der Waals surface area contributed by atoms with Crippen molar-refractivity contribution in [1.29, 1.82) is 0 Å². The molecule has 1 N–H and O–H groups in total. The van der Waals surface area contributed by atoms with E-state index in [-0.39, 0.29) is 12.4 Å². The van der Waals surface area contributed by atoms with Gasteiger partial charge in [0.25, 0.3) is 0 Å². The number of hydrogen-bond donors (Lipinski definition) is 1. The van der Waals surface area contributed by atoms with Crippen LogP contribution in [0.25, 0.3) is 0 Å². The minimum Gasteiger partial charge on any atom is -0.491 e. The molecule has 0 aliphatic carbocycles. The van der Waals surface area contributed by atoms with Gasteiger partial charge < -0.3 is 14.7 Å². The van der Waals surface area contributed by atoms with Crippen molar-refractivity contribution in [2.75, 3.05) is 24.6 Å². The molecule has 22 heavy (non-hydrogen) atoms. The fourth-order valence-corrected chi connectivity index (χ4v) is 2.73. The number of aliphatic hydroxyl groups excluding tert-OH is 1. The second-order valence-electron chi connectivity index (χ2n) is 5.60. The summed E-state index contributed by atoms with van der Waals surface area (Å²) in [5.74, 6) is 0.807. The highest BCUT2D eigenvalue weighted by atomic mass is 35.5. The number of para-hydroxylation sites is 1. The van der Waals surface area contributed by atoms with Crippen LogP contribution >= 0.6 is 12.4 Å². The number of rotatable bonds is 5. The molecule has 0 spiro atoms. The lowest BCUT2D eigenvalue weighted by Gasteiger charge is -2.23. The standard InChI is InChI=1S/C18H21NO2.ClH/c1-14-6-8-17(9-7-14)21-13-16(20)12-19-11-10-15-4-2-3-5-18(15)19;/h2-9,16,20H,10-13H2,1H3;1H. The summed E-state index contributed by atoms with van der Waals surface area (Å²) in [6, 6.07) is 16.3. The third-order valence-electron chi connectivity index (χ3n) is 3.88. The van der Waals surface area contributed by atoms with E-state index < -0.39 is 6.10 Å². The molecule has 2 aromatic rings. The Morgan fingerprint density at radius 1 is 1.14 bits per heavy atom. The Hall–Kier alpha value is -1.71. The van der Waals surface area contributed by atoms with Gasteiger partial charge in [0.05, 0.1) is 0 Å². The lowest BCUT2D eigenvalue weighted by Crippen LogP contribution is -2.34. The number of ether oxygens (including phenoxy) is 1. The zero-order valence-electron chi connectivity index (χ0n) is 12.7. The van der Waals surface area contributed by atoms with Gasteiger partial charge in [-0.15, -0.1) is 12.4 Å². The SMILES string of the molecule is Cc1ccc(OCC(O)CN2CCc3ccccc32)cc1.Cl. The van der Waals surface area contributed by atoms with Gasteiger partial charge in [0, 0.05) is 18.8 Å². The molecule has 0 saturated heterocycles. The molecular weight excluding hydrogens is 298 g/mol. The molecule has 0 amide bonds. The highest BCUT2D eigenvalue weighted by molar-refractivity contribution is 5.85. The van der Waals surface area contributed by atoms with Crippen LogP contribution in [0.5, 0.6) is 5.75 Å². The monoisotopic (exact) mass is 319 g/mol. The van der Waals surface area contributed by atoms with Gasteiger partial charge in [-0.25, -0.2) is 0 Å². The van der Waals surface area contributed by atoms with E-state index in [1.165, 1.54) is 16.8 Å². The predicted molar refractivity (Wildman–Crippen MR) is 92.3 cm³/mol. The summed E-state index contributed by atoms with van der Waals surface area (Å²) in [5, 5.41) is 10.2. The molecule has 118 valence electrons. The smallest absolute Gasteiger partial charge is 0.119 e. The number of benzene rings is 2. The van der Waals surface area contributed by atoms with E-state index in [0.29, 0.717) is 13.2 Å². The van der Waals surface area contributed by atoms with E-state index >= 15 is 0 Å². The van der Waals surface area contributed by atoms with Crippen molar-refractivity contribution < 1.29 is 9.84 Å². The summed E-state index contributed by atoms with van der Waals surface area (Å²) < 4.78 is 5.64. The Labute approximate surface area is 137 Å². The van der Waals surface area contributed by atoms with Crippen molar-refractivity contribution in [3.63, 3.8) is 0 Å². The Morgan fingerprint density at radius 2 is 1.86 bits per heavy atom. The fourth-order valence-electron chi connectivity index (χ4n) is 2.73. The number of β-amino-alcohol motifs (C(OH)–C–C–N with tert-alkyl or cyclic N) is 1. The zero-order chi connectivity index (χ0) is 14.7. The van der Waals surface area contributed by atoms with Crippen molar-refractivity contribution in [1.82, 2.24) is 0 Å². The normalized spacial score (nSPS) is 14.2. The summed E-state index contributed by atoms with van der Waals surface area (Å²) in [6.45, 7) is 3.95. The Morgan fingerprint density at radius 3 is 2.64 bits per heavy atom. The second kappa shape index (κ2) is 7.52. The van der Waals surface area contributed by atoms with Crippen molar-refractivity contribution in [3.8, 4) is 5.75 Å². The first-order valence-corrected chi connectivity index (χ1v) is 7.43. The average molecular weight is 320 g/mol. The zero-order valence-corrected chi connectivity index (χ0v) is 13.6. The molecule has 1 unspecified atom stereocenters. The van der Waals surface area contributed by atoms with Crippen molar-refractivity contribution in [3.05, 3.63) is 59.7 Å². The Balaban J connectivity index is 0.00000176. The fraction of sp³-hybridized carbons (Fsp3) is 0.333. The molecule has 0 fully saturated rings. The van der Waals surface area contributed by atoms with Gasteiger partial charge in [-0.2, -0.15) is 0 Å². The summed E-state index contributed by atoms with van der Waals surface area (Å²) in [5.41, 5.74) is 3.81. The highest BCUT2D eigenvalue weighted by Crippen LogP contribution is 2.27. The van der Waals surface area contributed by atoms with Gasteiger partial charge in [0.15, 0.2) is 0 Å². The van der Waals surface area contributed by atoms with Crippen LogP contribution in [0.15, 0.2) is 48.5 Å². The van der Waals surface area contributed by atoms with E-state index in [1.54, 1.807) is 0 Å². The maximum Gasteiger partial charge on any atom is 0.119 e. The third kappa shape index (κ3) is 3.93. The van der Waals surface area contributed by atoms with Gasteiger partial charge in [0.2, 0.25) is 0 Å². The molecule has 1 heterocycles. The quantitative estimate of drug-likeness (QED) is 0.918. The third-order valence-corrected chi connectivity index (χ3v) is 3.88. The number of aliphatic hydroxyl groups is 1. The Kier molecular flexibility index (Phi) is 5.69. The number of halogens is 1. The van der Waals surface area contributed by atoms with Crippen LogP contribution in [-0.2, 0) is 6.42 Å². The van der Waals surface area contributed by atoms with Crippen LogP contribution in [0.3, 0.4) is 0 Å². The minimum atomic E-state index is -0.488. The van der Waals surface area contributed by atoms with Crippen LogP contribution in [0, 0.1) is 6.92 Å². The van der Waals surface area contributed by atoms with E-state index in [0.717, 1.165) is 18.7 Å². The van der Waals surface area contributed by atoms with Crippen LogP contribution in [0.4, 0.5) is 5.69 Å². The second-order valence-corrected chi connectivity index (χ2v) is 5.60. The van der Waals surface area contributed by atoms with Gasteiger partial charge >= 0.3 is 0 Å². The van der Waals surface area contributed by atoms with E-state index in [9.17, 15) is 5.11 Å².